The van der Waals surface area contributed by atoms with Gasteiger partial charge < -0.3 is 9.64 Å². The zero-order valence-corrected chi connectivity index (χ0v) is 8.93. The van der Waals surface area contributed by atoms with Crippen LogP contribution in [0.3, 0.4) is 0 Å². The van der Waals surface area contributed by atoms with Crippen LogP contribution in [-0.4, -0.2) is 30.1 Å². The third-order valence-corrected chi connectivity index (χ3v) is 2.47. The molecule has 1 aliphatic rings. The van der Waals surface area contributed by atoms with E-state index in [-0.39, 0.29) is 18.6 Å². The summed E-state index contributed by atoms with van der Waals surface area (Å²) >= 11 is 0. The van der Waals surface area contributed by atoms with Gasteiger partial charge in [0.2, 0.25) is 0 Å². The van der Waals surface area contributed by atoms with Crippen LogP contribution in [-0.2, 0) is 9.53 Å². The van der Waals surface area contributed by atoms with Crippen molar-refractivity contribution in [2.75, 3.05) is 18.1 Å². The van der Waals surface area contributed by atoms with Crippen molar-refractivity contribution in [3.8, 4) is 0 Å². The van der Waals surface area contributed by atoms with Gasteiger partial charge in [0.1, 0.15) is 6.61 Å². The lowest BCUT2D eigenvalue weighted by Gasteiger charge is -2.32. The van der Waals surface area contributed by atoms with Gasteiger partial charge in [0.05, 0.1) is 24.5 Å². The van der Waals surface area contributed by atoms with E-state index in [1.807, 2.05) is 26.0 Å². The smallest absolute Gasteiger partial charge is 0.253 e. The predicted octanol–water partition coefficient (Wildman–Crippen LogP) is 1.14. The molecule has 4 nitrogen and oxygen atoms in total. The molecule has 1 aromatic heterocycles. The van der Waals surface area contributed by atoms with Crippen molar-refractivity contribution >= 4 is 11.6 Å². The molecular weight excluding hydrogens is 192 g/mol. The molecule has 4 heteroatoms. The number of morpholine rings is 1. The minimum atomic E-state index is -0.000553. The number of carbonyl (C=O) groups excluding carboxylic acids is 1. The first-order valence-electron chi connectivity index (χ1n) is 5.01. The number of rotatable bonds is 1. The number of amides is 1. The molecule has 0 saturated carbocycles. The topological polar surface area (TPSA) is 42.4 Å². The average molecular weight is 206 g/mol. The van der Waals surface area contributed by atoms with Gasteiger partial charge in [-0.3, -0.25) is 9.78 Å². The lowest BCUT2D eigenvalue weighted by Crippen LogP contribution is -2.48. The highest BCUT2D eigenvalue weighted by Gasteiger charge is 2.26. The Labute approximate surface area is 88.9 Å². The molecular formula is C11H14N2O2. The maximum Gasteiger partial charge on any atom is 0.253 e. The van der Waals surface area contributed by atoms with Crippen LogP contribution >= 0.6 is 0 Å². The zero-order chi connectivity index (χ0) is 10.8. The van der Waals surface area contributed by atoms with Crippen molar-refractivity contribution in [1.29, 1.82) is 0 Å². The van der Waals surface area contributed by atoms with E-state index in [2.05, 4.69) is 4.98 Å². The quantitative estimate of drug-likeness (QED) is 0.692. The molecule has 0 N–H and O–H groups in total. The fourth-order valence-corrected chi connectivity index (χ4v) is 1.71. The number of anilines is 1. The Morgan fingerprint density at radius 3 is 2.93 bits per heavy atom. The number of carbonyl (C=O) groups is 1. The first kappa shape index (κ1) is 10.1. The second-order valence-corrected chi connectivity index (χ2v) is 3.79. The maximum atomic E-state index is 11.7. The molecule has 0 aromatic carbocycles. The summed E-state index contributed by atoms with van der Waals surface area (Å²) in [4.78, 5) is 17.6. The Morgan fingerprint density at radius 1 is 1.53 bits per heavy atom. The first-order chi connectivity index (χ1) is 7.18. The molecule has 1 unspecified atom stereocenters. The second-order valence-electron chi connectivity index (χ2n) is 3.79. The third-order valence-electron chi connectivity index (χ3n) is 2.47. The SMILES string of the molecule is Cc1ccc(N2C(=O)COCC2C)cn1. The van der Waals surface area contributed by atoms with Crippen molar-refractivity contribution in [2.24, 2.45) is 0 Å². The van der Waals surface area contributed by atoms with E-state index in [9.17, 15) is 4.79 Å². The van der Waals surface area contributed by atoms with E-state index in [1.54, 1.807) is 11.1 Å². The van der Waals surface area contributed by atoms with Gasteiger partial charge in [-0.05, 0) is 26.0 Å². The summed E-state index contributed by atoms with van der Waals surface area (Å²) in [6.07, 6.45) is 1.73. The Kier molecular flexibility index (Phi) is 2.68. The van der Waals surface area contributed by atoms with Crippen LogP contribution in [0, 0.1) is 6.92 Å². The lowest BCUT2D eigenvalue weighted by molar-refractivity contribution is -0.127. The van der Waals surface area contributed by atoms with E-state index in [4.69, 9.17) is 4.74 Å². The molecule has 0 radical (unpaired) electrons. The molecule has 1 atom stereocenters. The van der Waals surface area contributed by atoms with Crippen molar-refractivity contribution < 1.29 is 9.53 Å². The van der Waals surface area contributed by atoms with Crippen LogP contribution in [0.25, 0.3) is 0 Å². The zero-order valence-electron chi connectivity index (χ0n) is 8.93. The highest BCUT2D eigenvalue weighted by atomic mass is 16.5. The van der Waals surface area contributed by atoms with Gasteiger partial charge in [-0.1, -0.05) is 0 Å². The van der Waals surface area contributed by atoms with E-state index in [0.29, 0.717) is 6.61 Å². The highest BCUT2D eigenvalue weighted by molar-refractivity contribution is 5.95. The van der Waals surface area contributed by atoms with Gasteiger partial charge in [0.25, 0.3) is 5.91 Å². The van der Waals surface area contributed by atoms with Crippen molar-refractivity contribution in [1.82, 2.24) is 4.98 Å². The van der Waals surface area contributed by atoms with Gasteiger partial charge in [-0.2, -0.15) is 0 Å². The second kappa shape index (κ2) is 3.98. The Bertz CT molecular complexity index is 361. The highest BCUT2D eigenvalue weighted by Crippen LogP contribution is 2.19. The molecule has 1 fully saturated rings. The van der Waals surface area contributed by atoms with Crippen molar-refractivity contribution in [2.45, 2.75) is 19.9 Å². The summed E-state index contributed by atoms with van der Waals surface area (Å²) in [5.74, 6) is -0.000553. The molecule has 0 aliphatic carbocycles. The van der Waals surface area contributed by atoms with E-state index < -0.39 is 0 Å². The van der Waals surface area contributed by atoms with Crippen molar-refractivity contribution in [3.63, 3.8) is 0 Å². The number of aromatic nitrogens is 1. The van der Waals surface area contributed by atoms with Crippen molar-refractivity contribution in [3.05, 3.63) is 24.0 Å². The normalized spacial score (nSPS) is 21.9. The standard InChI is InChI=1S/C11H14N2O2/c1-8-3-4-10(5-12-8)13-9(2)6-15-7-11(13)14/h3-5,9H,6-7H2,1-2H3. The Hall–Kier alpha value is -1.42. The number of aryl methyl sites for hydroxylation is 1. The third kappa shape index (κ3) is 1.99. The van der Waals surface area contributed by atoms with Gasteiger partial charge in [0.15, 0.2) is 0 Å². The van der Waals surface area contributed by atoms with Crippen LogP contribution in [0.1, 0.15) is 12.6 Å². The van der Waals surface area contributed by atoms with Gasteiger partial charge in [0, 0.05) is 5.69 Å². The molecule has 1 aromatic rings. The number of pyridine rings is 1. The van der Waals surface area contributed by atoms with Crippen LogP contribution in [0.5, 0.6) is 0 Å². The summed E-state index contributed by atoms with van der Waals surface area (Å²) < 4.78 is 5.16. The number of hydrogen-bond donors (Lipinski definition) is 0. The maximum absolute atomic E-state index is 11.7. The van der Waals surface area contributed by atoms with Gasteiger partial charge in [-0.25, -0.2) is 0 Å². The molecule has 1 amide bonds. The summed E-state index contributed by atoms with van der Waals surface area (Å²) in [5.41, 5.74) is 1.80. The summed E-state index contributed by atoms with van der Waals surface area (Å²) in [6, 6.07) is 3.91. The molecule has 15 heavy (non-hydrogen) atoms. The molecule has 2 heterocycles. The Morgan fingerprint density at radius 2 is 2.33 bits per heavy atom. The molecule has 1 saturated heterocycles. The number of ether oxygens (including phenoxy) is 1. The van der Waals surface area contributed by atoms with E-state index in [0.717, 1.165) is 11.4 Å². The number of nitrogens with zero attached hydrogens (tertiary/aromatic N) is 2. The summed E-state index contributed by atoms with van der Waals surface area (Å²) in [7, 11) is 0. The van der Waals surface area contributed by atoms with Crippen LogP contribution < -0.4 is 4.90 Å². The predicted molar refractivity (Wildman–Crippen MR) is 56.7 cm³/mol. The molecule has 2 rings (SSSR count). The minimum absolute atomic E-state index is 0.000553. The van der Waals surface area contributed by atoms with Crippen LogP contribution in [0.4, 0.5) is 5.69 Å². The van der Waals surface area contributed by atoms with Crippen LogP contribution in [0.15, 0.2) is 18.3 Å². The van der Waals surface area contributed by atoms with Gasteiger partial charge in [-0.15, -0.1) is 0 Å². The molecule has 1 aliphatic heterocycles. The fourth-order valence-electron chi connectivity index (χ4n) is 1.71. The van der Waals surface area contributed by atoms with E-state index in [1.165, 1.54) is 0 Å². The Balaban J connectivity index is 2.27. The monoisotopic (exact) mass is 206 g/mol. The number of hydrogen-bond acceptors (Lipinski definition) is 3. The minimum Gasteiger partial charge on any atom is -0.369 e. The lowest BCUT2D eigenvalue weighted by atomic mass is 10.2. The van der Waals surface area contributed by atoms with Crippen LogP contribution in [0.2, 0.25) is 0 Å². The average Bonchev–Trinajstić information content (AvgIpc) is 2.20. The first-order valence-corrected chi connectivity index (χ1v) is 5.01. The fraction of sp³-hybridized carbons (Fsp3) is 0.455. The summed E-state index contributed by atoms with van der Waals surface area (Å²) in [6.45, 7) is 4.64. The molecule has 0 spiro atoms. The van der Waals surface area contributed by atoms with E-state index >= 15 is 0 Å². The molecule has 80 valence electrons. The van der Waals surface area contributed by atoms with Gasteiger partial charge >= 0.3 is 0 Å². The summed E-state index contributed by atoms with van der Waals surface area (Å²) in [5, 5.41) is 0. The largest absolute Gasteiger partial charge is 0.369 e. The molecule has 0 bridgehead atoms.